The Balaban J connectivity index is 5.88. The summed E-state index contributed by atoms with van der Waals surface area (Å²) < 4.78 is 0. The predicted octanol–water partition coefficient (Wildman–Crippen LogP) is -6.16. The van der Waals surface area contributed by atoms with Gasteiger partial charge in [-0.25, -0.2) is 4.79 Å². The molecule has 0 radical (unpaired) electrons. The molecule has 25 nitrogen and oxygen atoms in total. The average Bonchev–Trinajstić information content (AvgIpc) is 3.04. The van der Waals surface area contributed by atoms with Gasteiger partial charge in [0.1, 0.15) is 36.3 Å². The second kappa shape index (κ2) is 23.5. The quantitative estimate of drug-likeness (QED) is 0.0232. The van der Waals surface area contributed by atoms with E-state index in [0.717, 1.165) is 13.8 Å². The number of carbonyl (C=O) groups excluding carboxylic acids is 6. The number of aliphatic carboxylic acids is 4. The number of rotatable bonds is 25. The fraction of sp³-hybridized carbons (Fsp3) is 0.633. The Morgan fingerprint density at radius 3 is 1.42 bits per heavy atom. The van der Waals surface area contributed by atoms with Gasteiger partial charge < -0.3 is 74.6 Å². The molecular formula is C30H50N10O15. The zero-order chi connectivity index (χ0) is 42.7. The Kier molecular flexibility index (Phi) is 20.9. The number of carboxylic acids is 4. The number of nitrogens with zero attached hydrogens (tertiary/aromatic N) is 1. The van der Waals surface area contributed by atoms with Crippen molar-refractivity contribution in [3.8, 4) is 0 Å². The number of aliphatic imine (C=N–C) groups is 1. The summed E-state index contributed by atoms with van der Waals surface area (Å²) in [6.45, 7) is 5.17. The lowest BCUT2D eigenvalue weighted by atomic mass is 10.0. The first-order chi connectivity index (χ1) is 25.4. The lowest BCUT2D eigenvalue weighted by Crippen LogP contribution is -2.61. The zero-order valence-corrected chi connectivity index (χ0v) is 30.4. The SMILES string of the molecule is CC(C)[C@H](NC(=O)[C@@H](N)CC(=O)O)C(=O)N[C@H](C(=O)N[C@@H](C)C(=O)N[C@@H](CC(=O)O)C(=O)N[C@@H](CC(=O)O)C(=O)N[C@@H](CCCN=C(N)N)C(=O)O)[C@@H](C)O. The van der Waals surface area contributed by atoms with Crippen LogP contribution < -0.4 is 49.1 Å². The number of hydrogen-bond acceptors (Lipinski definition) is 13. The van der Waals surface area contributed by atoms with Crippen molar-refractivity contribution in [1.82, 2.24) is 31.9 Å². The molecule has 8 atom stereocenters. The molecule has 0 aromatic rings. The van der Waals surface area contributed by atoms with Gasteiger partial charge in [-0.2, -0.15) is 0 Å². The molecule has 310 valence electrons. The number of aliphatic hydroxyl groups is 1. The van der Waals surface area contributed by atoms with Crippen molar-refractivity contribution in [3.63, 3.8) is 0 Å². The van der Waals surface area contributed by atoms with Gasteiger partial charge in [-0.3, -0.25) is 48.1 Å². The lowest BCUT2D eigenvalue weighted by molar-refractivity contribution is -0.145. The molecule has 17 N–H and O–H groups in total. The van der Waals surface area contributed by atoms with E-state index in [1.165, 1.54) is 13.8 Å². The highest BCUT2D eigenvalue weighted by Gasteiger charge is 2.35. The first kappa shape index (κ1) is 48.9. The molecule has 0 rings (SSSR count). The minimum absolute atomic E-state index is 0.00750. The van der Waals surface area contributed by atoms with Gasteiger partial charge in [0, 0.05) is 6.54 Å². The van der Waals surface area contributed by atoms with Gasteiger partial charge in [-0.15, -0.1) is 0 Å². The molecule has 0 fully saturated rings. The molecule has 55 heavy (non-hydrogen) atoms. The molecule has 0 aromatic carbocycles. The van der Waals surface area contributed by atoms with E-state index in [1.807, 2.05) is 10.6 Å². The summed E-state index contributed by atoms with van der Waals surface area (Å²) in [5, 5.41) is 60.0. The van der Waals surface area contributed by atoms with Gasteiger partial charge in [0.2, 0.25) is 35.4 Å². The standard InChI is InChI=1S/C30H50N10O15/c1-11(2)21(39-24(49)14(31)8-18(42)43)27(52)40-22(13(4)41)28(53)35-12(3)23(48)37-16(9-19(44)45)26(51)38-17(10-20(46)47)25(50)36-15(29(54)55)6-5-7-34-30(32)33/h11-17,21-22,41H,5-10,31H2,1-4H3,(H,35,53)(H,36,50)(H,37,48)(H,38,51)(H,39,49)(H,40,52)(H,42,43)(H,44,45)(H,46,47)(H,54,55)(H4,32,33,34)/t12-,13+,14-,15-,16-,17-,21-,22-/m0/s1. The summed E-state index contributed by atoms with van der Waals surface area (Å²) in [6.07, 6.45) is -4.72. The second-order valence-corrected chi connectivity index (χ2v) is 12.6. The molecule has 0 aliphatic carbocycles. The van der Waals surface area contributed by atoms with Crippen molar-refractivity contribution < 1.29 is 73.5 Å². The summed E-state index contributed by atoms with van der Waals surface area (Å²) >= 11 is 0. The van der Waals surface area contributed by atoms with Crippen LogP contribution in [0, 0.1) is 5.92 Å². The maximum atomic E-state index is 13.1. The number of aliphatic hydroxyl groups excluding tert-OH is 1. The maximum Gasteiger partial charge on any atom is 0.326 e. The number of carbonyl (C=O) groups is 10. The van der Waals surface area contributed by atoms with Crippen LogP contribution in [-0.4, -0.2) is 146 Å². The van der Waals surface area contributed by atoms with Crippen LogP contribution in [0.25, 0.3) is 0 Å². The Morgan fingerprint density at radius 1 is 0.564 bits per heavy atom. The van der Waals surface area contributed by atoms with Crippen LogP contribution in [0.1, 0.15) is 59.8 Å². The lowest BCUT2D eigenvalue weighted by Gasteiger charge is -2.28. The number of carboxylic acid groups (broad SMARTS) is 4. The summed E-state index contributed by atoms with van der Waals surface area (Å²) in [4.78, 5) is 127. The Morgan fingerprint density at radius 2 is 1.00 bits per heavy atom. The smallest absolute Gasteiger partial charge is 0.326 e. The van der Waals surface area contributed by atoms with Gasteiger partial charge in [-0.1, -0.05) is 13.8 Å². The number of guanidine groups is 1. The Hall–Kier alpha value is -6.11. The largest absolute Gasteiger partial charge is 0.481 e. The fourth-order valence-corrected chi connectivity index (χ4v) is 4.46. The van der Waals surface area contributed by atoms with E-state index in [4.69, 9.17) is 22.3 Å². The summed E-state index contributed by atoms with van der Waals surface area (Å²) in [7, 11) is 0. The van der Waals surface area contributed by atoms with E-state index in [-0.39, 0.29) is 25.3 Å². The van der Waals surface area contributed by atoms with E-state index in [2.05, 4.69) is 26.3 Å². The van der Waals surface area contributed by atoms with Crippen LogP contribution in [0.2, 0.25) is 0 Å². The third kappa shape index (κ3) is 19.0. The molecule has 25 heteroatoms. The van der Waals surface area contributed by atoms with Gasteiger partial charge >= 0.3 is 23.9 Å². The first-order valence-corrected chi connectivity index (χ1v) is 16.6. The van der Waals surface area contributed by atoms with E-state index in [9.17, 15) is 68.4 Å². The Bertz CT molecular complexity index is 1470. The molecule has 0 heterocycles. The molecule has 0 aliphatic rings. The summed E-state index contributed by atoms with van der Waals surface area (Å²) in [5.74, 6) is -14.1. The molecule has 6 amide bonds. The van der Waals surface area contributed by atoms with Crippen molar-refractivity contribution >= 4 is 65.3 Å². The molecule has 0 spiro atoms. The van der Waals surface area contributed by atoms with Crippen molar-refractivity contribution in [2.24, 2.45) is 28.1 Å². The molecule has 0 saturated carbocycles. The van der Waals surface area contributed by atoms with Gasteiger partial charge in [0.25, 0.3) is 0 Å². The van der Waals surface area contributed by atoms with Gasteiger partial charge in [0.15, 0.2) is 5.96 Å². The third-order valence-electron chi connectivity index (χ3n) is 7.38. The zero-order valence-electron chi connectivity index (χ0n) is 30.4. The van der Waals surface area contributed by atoms with E-state index in [0.29, 0.717) is 0 Å². The molecule has 0 aromatic heterocycles. The highest BCUT2D eigenvalue weighted by Crippen LogP contribution is 2.07. The monoisotopic (exact) mass is 790 g/mol. The van der Waals surface area contributed by atoms with Crippen LogP contribution in [0.3, 0.4) is 0 Å². The second-order valence-electron chi connectivity index (χ2n) is 12.6. The summed E-state index contributed by atoms with van der Waals surface area (Å²) in [6, 6.07) is -11.8. The van der Waals surface area contributed by atoms with Crippen molar-refractivity contribution in [3.05, 3.63) is 0 Å². The first-order valence-electron chi connectivity index (χ1n) is 16.6. The van der Waals surface area contributed by atoms with Gasteiger partial charge in [0.05, 0.1) is 31.4 Å². The Labute approximate surface area is 313 Å². The fourth-order valence-electron chi connectivity index (χ4n) is 4.46. The normalized spacial score (nSPS) is 15.2. The topological polar surface area (TPSA) is 434 Å². The highest BCUT2D eigenvalue weighted by atomic mass is 16.4. The molecule has 0 bridgehead atoms. The molecule has 0 unspecified atom stereocenters. The average molecular weight is 791 g/mol. The van der Waals surface area contributed by atoms with Crippen LogP contribution in [0.15, 0.2) is 4.99 Å². The number of hydrogen-bond donors (Lipinski definition) is 14. The maximum absolute atomic E-state index is 13.1. The third-order valence-corrected chi connectivity index (χ3v) is 7.38. The van der Waals surface area contributed by atoms with E-state index >= 15 is 0 Å². The van der Waals surface area contributed by atoms with Gasteiger partial charge in [-0.05, 0) is 32.6 Å². The number of nitrogens with one attached hydrogen (secondary N) is 6. The van der Waals surface area contributed by atoms with Crippen LogP contribution in [0.4, 0.5) is 0 Å². The molecule has 0 aliphatic heterocycles. The number of nitrogens with two attached hydrogens (primary N) is 3. The minimum Gasteiger partial charge on any atom is -0.481 e. The van der Waals surface area contributed by atoms with Crippen molar-refractivity contribution in [2.45, 2.75) is 108 Å². The van der Waals surface area contributed by atoms with Crippen molar-refractivity contribution in [2.75, 3.05) is 6.54 Å². The highest BCUT2D eigenvalue weighted by molar-refractivity contribution is 5.98. The molecular weight excluding hydrogens is 740 g/mol. The minimum atomic E-state index is -1.99. The van der Waals surface area contributed by atoms with E-state index in [1.54, 1.807) is 0 Å². The van der Waals surface area contributed by atoms with E-state index < -0.39 is 133 Å². The van der Waals surface area contributed by atoms with Crippen LogP contribution in [-0.2, 0) is 47.9 Å². The number of amides is 6. The molecule has 0 saturated heterocycles. The van der Waals surface area contributed by atoms with Crippen molar-refractivity contribution in [1.29, 1.82) is 0 Å². The van der Waals surface area contributed by atoms with Crippen LogP contribution in [0.5, 0.6) is 0 Å². The predicted molar refractivity (Wildman–Crippen MR) is 186 cm³/mol. The summed E-state index contributed by atoms with van der Waals surface area (Å²) in [5.41, 5.74) is 16.0. The van der Waals surface area contributed by atoms with Crippen LogP contribution >= 0.6 is 0 Å².